The number of urea groups is 1. The lowest BCUT2D eigenvalue weighted by Gasteiger charge is -2.46. The van der Waals surface area contributed by atoms with E-state index in [9.17, 15) is 9.18 Å². The first-order valence-corrected chi connectivity index (χ1v) is 7.81. The van der Waals surface area contributed by atoms with Crippen LogP contribution in [0.5, 0.6) is 0 Å². The lowest BCUT2D eigenvalue weighted by atomic mass is 10.1. The number of benzene rings is 2. The van der Waals surface area contributed by atoms with Crippen LogP contribution in [0.15, 0.2) is 54.6 Å². The van der Waals surface area contributed by atoms with Crippen molar-refractivity contribution in [3.63, 3.8) is 0 Å². The van der Waals surface area contributed by atoms with Gasteiger partial charge >= 0.3 is 6.03 Å². The maximum atomic E-state index is 13.6. The Morgan fingerprint density at radius 3 is 2.48 bits per heavy atom. The van der Waals surface area contributed by atoms with Crippen molar-refractivity contribution in [2.45, 2.75) is 13.0 Å². The van der Waals surface area contributed by atoms with Crippen LogP contribution >= 0.6 is 0 Å². The first-order valence-electron chi connectivity index (χ1n) is 7.81. The SMILES string of the molecule is CCN(c1ccccc1)C1CN(C(=O)Nc2ccccc2F)C1. The summed E-state index contributed by atoms with van der Waals surface area (Å²) in [5, 5.41) is 2.62. The molecule has 1 aliphatic rings. The molecule has 1 fully saturated rings. The first-order chi connectivity index (χ1) is 11.2. The highest BCUT2D eigenvalue weighted by Crippen LogP contribution is 2.23. The lowest BCUT2D eigenvalue weighted by molar-refractivity contribution is 0.161. The van der Waals surface area contributed by atoms with E-state index in [0.29, 0.717) is 19.1 Å². The summed E-state index contributed by atoms with van der Waals surface area (Å²) in [6, 6.07) is 16.4. The number of para-hydroxylation sites is 2. The highest BCUT2D eigenvalue weighted by molar-refractivity contribution is 5.90. The minimum Gasteiger partial charge on any atom is -0.365 e. The van der Waals surface area contributed by atoms with Crippen LogP contribution < -0.4 is 10.2 Å². The summed E-state index contributed by atoms with van der Waals surface area (Å²) in [5.41, 5.74) is 1.38. The van der Waals surface area contributed by atoms with Crippen molar-refractivity contribution in [3.8, 4) is 0 Å². The zero-order valence-corrected chi connectivity index (χ0v) is 13.1. The van der Waals surface area contributed by atoms with Crippen LogP contribution in [-0.2, 0) is 0 Å². The van der Waals surface area contributed by atoms with Gasteiger partial charge in [0.25, 0.3) is 0 Å². The summed E-state index contributed by atoms with van der Waals surface area (Å²) >= 11 is 0. The number of nitrogens with zero attached hydrogens (tertiary/aromatic N) is 2. The Kier molecular flexibility index (Phi) is 4.46. The molecule has 5 heteroatoms. The van der Waals surface area contributed by atoms with Gasteiger partial charge in [0.2, 0.25) is 0 Å². The van der Waals surface area contributed by atoms with Crippen molar-refractivity contribution in [2.24, 2.45) is 0 Å². The molecule has 1 N–H and O–H groups in total. The number of likely N-dealkylation sites (tertiary alicyclic amines) is 1. The third kappa shape index (κ3) is 3.28. The van der Waals surface area contributed by atoms with Crippen molar-refractivity contribution >= 4 is 17.4 Å². The van der Waals surface area contributed by atoms with Crippen molar-refractivity contribution in [1.29, 1.82) is 0 Å². The van der Waals surface area contributed by atoms with Crippen molar-refractivity contribution < 1.29 is 9.18 Å². The van der Waals surface area contributed by atoms with E-state index in [-0.39, 0.29) is 11.7 Å². The van der Waals surface area contributed by atoms with Gasteiger partial charge in [-0.3, -0.25) is 0 Å². The molecular formula is C18H20FN3O. The van der Waals surface area contributed by atoms with Gasteiger partial charge in [0, 0.05) is 25.3 Å². The molecular weight excluding hydrogens is 293 g/mol. The second-order valence-electron chi connectivity index (χ2n) is 5.59. The Balaban J connectivity index is 1.58. The second-order valence-corrected chi connectivity index (χ2v) is 5.59. The molecule has 1 aliphatic heterocycles. The van der Waals surface area contributed by atoms with Crippen molar-refractivity contribution in [3.05, 3.63) is 60.4 Å². The molecule has 23 heavy (non-hydrogen) atoms. The van der Waals surface area contributed by atoms with E-state index in [1.54, 1.807) is 23.1 Å². The molecule has 0 aliphatic carbocycles. The molecule has 1 saturated heterocycles. The summed E-state index contributed by atoms with van der Waals surface area (Å²) in [7, 11) is 0. The van der Waals surface area contributed by atoms with Gasteiger partial charge < -0.3 is 15.1 Å². The van der Waals surface area contributed by atoms with Gasteiger partial charge in [-0.15, -0.1) is 0 Å². The number of rotatable bonds is 4. The maximum Gasteiger partial charge on any atom is 0.322 e. The van der Waals surface area contributed by atoms with Crippen molar-refractivity contribution in [1.82, 2.24) is 4.90 Å². The standard InChI is InChI=1S/C18H20FN3O/c1-2-22(14-8-4-3-5-9-14)15-12-21(13-15)18(23)20-17-11-7-6-10-16(17)19/h3-11,15H,2,12-13H2,1H3,(H,20,23). The second kappa shape index (κ2) is 6.69. The molecule has 0 unspecified atom stereocenters. The fourth-order valence-corrected chi connectivity index (χ4v) is 2.85. The Hall–Kier alpha value is -2.56. The fraction of sp³-hybridized carbons (Fsp3) is 0.278. The van der Waals surface area contributed by atoms with Gasteiger partial charge in [-0.25, -0.2) is 9.18 Å². The monoisotopic (exact) mass is 313 g/mol. The van der Waals surface area contributed by atoms with Crippen LogP contribution in [0.4, 0.5) is 20.6 Å². The smallest absolute Gasteiger partial charge is 0.322 e. The fourth-order valence-electron chi connectivity index (χ4n) is 2.85. The zero-order chi connectivity index (χ0) is 16.2. The highest BCUT2D eigenvalue weighted by Gasteiger charge is 2.34. The lowest BCUT2D eigenvalue weighted by Crippen LogP contribution is -2.62. The topological polar surface area (TPSA) is 35.6 Å². The molecule has 1 heterocycles. The van der Waals surface area contributed by atoms with Gasteiger partial charge in [-0.2, -0.15) is 0 Å². The summed E-state index contributed by atoms with van der Waals surface area (Å²) in [6.07, 6.45) is 0. The number of hydrogen-bond acceptors (Lipinski definition) is 2. The van der Waals surface area contributed by atoms with Gasteiger partial charge in [0.05, 0.1) is 11.7 Å². The normalized spacial score (nSPS) is 14.3. The largest absolute Gasteiger partial charge is 0.365 e. The molecule has 0 spiro atoms. The summed E-state index contributed by atoms with van der Waals surface area (Å²) < 4.78 is 13.6. The Morgan fingerprint density at radius 2 is 1.83 bits per heavy atom. The summed E-state index contributed by atoms with van der Waals surface area (Å²) in [5.74, 6) is -0.419. The molecule has 0 atom stereocenters. The minimum atomic E-state index is -0.419. The van der Waals surface area contributed by atoms with Crippen LogP contribution in [0.3, 0.4) is 0 Å². The average molecular weight is 313 g/mol. The Labute approximate surface area is 135 Å². The van der Waals surface area contributed by atoms with Crippen LogP contribution in [0, 0.1) is 5.82 Å². The molecule has 120 valence electrons. The van der Waals surface area contributed by atoms with E-state index in [4.69, 9.17) is 0 Å². The molecule has 0 saturated carbocycles. The van der Waals surface area contributed by atoms with E-state index in [1.165, 1.54) is 6.07 Å². The van der Waals surface area contributed by atoms with Crippen LogP contribution in [0.1, 0.15) is 6.92 Å². The molecule has 2 amide bonds. The number of amides is 2. The highest BCUT2D eigenvalue weighted by atomic mass is 19.1. The van der Waals surface area contributed by atoms with Gasteiger partial charge in [0.1, 0.15) is 5.82 Å². The molecule has 4 nitrogen and oxygen atoms in total. The van der Waals surface area contributed by atoms with Crippen LogP contribution in [0.2, 0.25) is 0 Å². The molecule has 2 aromatic rings. The number of anilines is 2. The number of nitrogens with one attached hydrogen (secondary N) is 1. The maximum absolute atomic E-state index is 13.6. The van der Waals surface area contributed by atoms with E-state index < -0.39 is 5.82 Å². The predicted molar refractivity (Wildman–Crippen MR) is 90.2 cm³/mol. The van der Waals surface area contributed by atoms with Gasteiger partial charge in [-0.1, -0.05) is 30.3 Å². The molecule has 3 rings (SSSR count). The molecule has 2 aromatic carbocycles. The van der Waals surface area contributed by atoms with E-state index in [0.717, 1.165) is 12.2 Å². The zero-order valence-electron chi connectivity index (χ0n) is 13.1. The number of carbonyl (C=O) groups is 1. The van der Waals surface area contributed by atoms with Gasteiger partial charge in [0.15, 0.2) is 0 Å². The number of carbonyl (C=O) groups excluding carboxylic acids is 1. The summed E-state index contributed by atoms with van der Waals surface area (Å²) in [6.45, 7) is 4.28. The van der Waals surface area contributed by atoms with Crippen LogP contribution in [-0.4, -0.2) is 36.6 Å². The van der Waals surface area contributed by atoms with Crippen molar-refractivity contribution in [2.75, 3.05) is 29.9 Å². The minimum absolute atomic E-state index is 0.219. The van der Waals surface area contributed by atoms with Gasteiger partial charge in [-0.05, 0) is 31.2 Å². The van der Waals surface area contributed by atoms with E-state index >= 15 is 0 Å². The first kappa shape index (κ1) is 15.3. The molecule has 0 aromatic heterocycles. The molecule has 0 bridgehead atoms. The Bertz CT molecular complexity index is 671. The average Bonchev–Trinajstić information content (AvgIpc) is 2.53. The Morgan fingerprint density at radius 1 is 1.17 bits per heavy atom. The van der Waals surface area contributed by atoms with E-state index in [2.05, 4.69) is 29.3 Å². The number of likely N-dealkylation sites (N-methyl/N-ethyl adjacent to an activating group) is 1. The summed E-state index contributed by atoms with van der Waals surface area (Å²) in [4.78, 5) is 16.2. The van der Waals surface area contributed by atoms with E-state index in [1.807, 2.05) is 18.2 Å². The molecule has 0 radical (unpaired) electrons. The third-order valence-corrected chi connectivity index (χ3v) is 4.13. The third-order valence-electron chi connectivity index (χ3n) is 4.13. The van der Waals surface area contributed by atoms with Crippen LogP contribution in [0.25, 0.3) is 0 Å². The number of hydrogen-bond donors (Lipinski definition) is 1. The predicted octanol–water partition coefficient (Wildman–Crippen LogP) is 3.57. The number of halogens is 1. The quantitative estimate of drug-likeness (QED) is 0.936.